The number of amides is 1. The van der Waals surface area contributed by atoms with Gasteiger partial charge in [0.1, 0.15) is 5.69 Å². The minimum absolute atomic E-state index is 0.138. The number of nitrogens with one attached hydrogen (secondary N) is 2. The first-order valence-electron chi connectivity index (χ1n) is 9.08. The first-order chi connectivity index (χ1) is 12.7. The number of nitrogens with zero attached hydrogens (tertiary/aromatic N) is 2. The Morgan fingerprint density at radius 1 is 1.19 bits per heavy atom. The molecule has 1 atom stereocenters. The van der Waals surface area contributed by atoms with E-state index in [0.29, 0.717) is 12.2 Å². The lowest BCUT2D eigenvalue weighted by Crippen LogP contribution is -2.41. The molecule has 26 heavy (non-hydrogen) atoms. The summed E-state index contributed by atoms with van der Waals surface area (Å²) in [6.07, 6.45) is 1.70. The van der Waals surface area contributed by atoms with Crippen LogP contribution in [0.1, 0.15) is 29.0 Å². The highest BCUT2D eigenvalue weighted by molar-refractivity contribution is 5.92. The van der Waals surface area contributed by atoms with Crippen LogP contribution in [-0.4, -0.2) is 55.2 Å². The van der Waals surface area contributed by atoms with Gasteiger partial charge in [0, 0.05) is 32.2 Å². The summed E-state index contributed by atoms with van der Waals surface area (Å²) >= 11 is 0. The van der Waals surface area contributed by atoms with Gasteiger partial charge in [0.15, 0.2) is 0 Å². The minimum Gasteiger partial charge on any atom is -0.379 e. The summed E-state index contributed by atoms with van der Waals surface area (Å²) in [5.74, 6) is -0.138. The van der Waals surface area contributed by atoms with Gasteiger partial charge in [0.2, 0.25) is 0 Å². The second kappa shape index (κ2) is 9.31. The highest BCUT2D eigenvalue weighted by atomic mass is 16.5. The van der Waals surface area contributed by atoms with Crippen molar-refractivity contribution in [1.29, 1.82) is 0 Å². The largest absolute Gasteiger partial charge is 0.379 e. The van der Waals surface area contributed by atoms with Crippen molar-refractivity contribution in [2.24, 2.45) is 0 Å². The summed E-state index contributed by atoms with van der Waals surface area (Å²) in [6, 6.07) is 14.0. The van der Waals surface area contributed by atoms with Crippen LogP contribution in [0.2, 0.25) is 0 Å². The zero-order valence-electron chi connectivity index (χ0n) is 15.1. The van der Waals surface area contributed by atoms with Gasteiger partial charge in [-0.1, -0.05) is 30.3 Å². The fraction of sp³-hybridized carbons (Fsp3) is 0.400. The molecule has 1 saturated heterocycles. The van der Waals surface area contributed by atoms with Crippen molar-refractivity contribution in [1.82, 2.24) is 15.2 Å². The lowest BCUT2D eigenvalue weighted by atomic mass is 10.1. The number of hydrogen-bond donors (Lipinski definition) is 2. The predicted octanol–water partition coefficient (Wildman–Crippen LogP) is 2.32. The van der Waals surface area contributed by atoms with Crippen molar-refractivity contribution in [2.75, 3.05) is 44.7 Å². The lowest BCUT2D eigenvalue weighted by molar-refractivity contribution is 0.0383. The van der Waals surface area contributed by atoms with Crippen LogP contribution < -0.4 is 10.6 Å². The van der Waals surface area contributed by atoms with Crippen LogP contribution in [0.15, 0.2) is 48.7 Å². The molecule has 0 bridgehead atoms. The second-order valence-electron chi connectivity index (χ2n) is 6.42. The average Bonchev–Trinajstić information content (AvgIpc) is 2.70. The van der Waals surface area contributed by atoms with E-state index in [0.717, 1.165) is 38.5 Å². The van der Waals surface area contributed by atoms with E-state index in [4.69, 9.17) is 4.74 Å². The predicted molar refractivity (Wildman–Crippen MR) is 102 cm³/mol. The smallest absolute Gasteiger partial charge is 0.269 e. The number of carbonyl (C=O) groups excluding carboxylic acids is 1. The van der Waals surface area contributed by atoms with Crippen LogP contribution in [-0.2, 0) is 4.74 Å². The van der Waals surface area contributed by atoms with E-state index in [1.54, 1.807) is 12.3 Å². The Hall–Kier alpha value is -2.44. The molecule has 138 valence electrons. The molecule has 0 aliphatic carbocycles. The Morgan fingerprint density at radius 2 is 1.96 bits per heavy atom. The van der Waals surface area contributed by atoms with Crippen molar-refractivity contribution in [2.45, 2.75) is 13.0 Å². The zero-order valence-corrected chi connectivity index (χ0v) is 15.1. The Bertz CT molecular complexity index is 685. The molecule has 1 aromatic carbocycles. The zero-order chi connectivity index (χ0) is 18.2. The molecule has 2 heterocycles. The quantitative estimate of drug-likeness (QED) is 0.799. The van der Waals surface area contributed by atoms with E-state index in [9.17, 15) is 4.79 Å². The monoisotopic (exact) mass is 354 g/mol. The van der Waals surface area contributed by atoms with Gasteiger partial charge in [-0.05, 0) is 24.6 Å². The molecule has 2 N–H and O–H groups in total. The van der Waals surface area contributed by atoms with Crippen LogP contribution in [0.25, 0.3) is 0 Å². The van der Waals surface area contributed by atoms with Gasteiger partial charge < -0.3 is 15.4 Å². The lowest BCUT2D eigenvalue weighted by Gasteiger charge is -2.26. The maximum absolute atomic E-state index is 12.2. The Kier molecular flexibility index (Phi) is 6.57. The molecule has 0 radical (unpaired) electrons. The Balaban J connectivity index is 1.46. The number of hydrogen-bond acceptors (Lipinski definition) is 5. The number of benzene rings is 1. The summed E-state index contributed by atoms with van der Waals surface area (Å²) in [7, 11) is 0. The first kappa shape index (κ1) is 18.4. The fourth-order valence-electron chi connectivity index (χ4n) is 2.93. The molecule has 6 heteroatoms. The standard InChI is InChI=1S/C20H26N4O2/c1-16(17-5-3-2-4-6-17)23-18-7-8-19(22-15-18)20(25)21-9-10-24-11-13-26-14-12-24/h2-8,15-16,23H,9-14H2,1H3,(H,21,25). The van der Waals surface area contributed by atoms with Crippen molar-refractivity contribution >= 4 is 11.6 Å². The SMILES string of the molecule is CC(Nc1ccc(C(=O)NCCN2CCOCC2)nc1)c1ccccc1. The minimum atomic E-state index is -0.138. The Labute approximate surface area is 154 Å². The molecule has 0 saturated carbocycles. The third-order valence-electron chi connectivity index (χ3n) is 4.50. The number of anilines is 1. The van der Waals surface area contributed by atoms with Crippen molar-refractivity contribution in [3.8, 4) is 0 Å². The van der Waals surface area contributed by atoms with Crippen molar-refractivity contribution in [3.63, 3.8) is 0 Å². The van der Waals surface area contributed by atoms with Gasteiger partial charge in [-0.15, -0.1) is 0 Å². The number of rotatable bonds is 7. The van der Waals surface area contributed by atoms with Crippen LogP contribution in [0, 0.1) is 0 Å². The highest BCUT2D eigenvalue weighted by Crippen LogP contribution is 2.18. The maximum Gasteiger partial charge on any atom is 0.269 e. The van der Waals surface area contributed by atoms with Gasteiger partial charge in [-0.25, -0.2) is 4.98 Å². The molecule has 6 nitrogen and oxygen atoms in total. The van der Waals surface area contributed by atoms with Crippen LogP contribution in [0.5, 0.6) is 0 Å². The van der Waals surface area contributed by atoms with Crippen molar-refractivity contribution < 1.29 is 9.53 Å². The third kappa shape index (κ3) is 5.28. The Morgan fingerprint density at radius 3 is 2.65 bits per heavy atom. The van der Waals surface area contributed by atoms with Gasteiger partial charge in [-0.3, -0.25) is 9.69 Å². The number of pyridine rings is 1. The molecule has 1 aromatic heterocycles. The van der Waals surface area contributed by atoms with E-state index in [1.807, 2.05) is 24.3 Å². The normalized spacial score (nSPS) is 16.0. The molecule has 1 fully saturated rings. The first-order valence-corrected chi connectivity index (χ1v) is 9.08. The van der Waals surface area contributed by atoms with Gasteiger partial charge >= 0.3 is 0 Å². The molecule has 1 aliphatic rings. The summed E-state index contributed by atoms with van der Waals surface area (Å²) in [6.45, 7) is 6.94. The number of carbonyl (C=O) groups is 1. The summed E-state index contributed by atoms with van der Waals surface area (Å²) < 4.78 is 5.32. The van der Waals surface area contributed by atoms with Crippen LogP contribution >= 0.6 is 0 Å². The number of morpholine rings is 1. The van der Waals surface area contributed by atoms with Gasteiger partial charge in [-0.2, -0.15) is 0 Å². The van der Waals surface area contributed by atoms with E-state index >= 15 is 0 Å². The summed E-state index contributed by atoms with van der Waals surface area (Å²) in [5.41, 5.74) is 2.54. The summed E-state index contributed by atoms with van der Waals surface area (Å²) in [4.78, 5) is 18.8. The molecular formula is C20H26N4O2. The molecule has 1 amide bonds. The second-order valence-corrected chi connectivity index (χ2v) is 6.42. The molecular weight excluding hydrogens is 328 g/mol. The molecule has 1 unspecified atom stereocenters. The topological polar surface area (TPSA) is 66.5 Å². The average molecular weight is 354 g/mol. The molecule has 1 aliphatic heterocycles. The van der Waals surface area contributed by atoms with Crippen LogP contribution in [0.3, 0.4) is 0 Å². The summed E-state index contributed by atoms with van der Waals surface area (Å²) in [5, 5.41) is 6.33. The maximum atomic E-state index is 12.2. The number of ether oxygens (including phenoxy) is 1. The van der Waals surface area contributed by atoms with E-state index in [2.05, 4.69) is 39.6 Å². The van der Waals surface area contributed by atoms with Crippen molar-refractivity contribution in [3.05, 3.63) is 59.9 Å². The van der Waals surface area contributed by atoms with Crippen LogP contribution in [0.4, 0.5) is 5.69 Å². The highest BCUT2D eigenvalue weighted by Gasteiger charge is 2.12. The van der Waals surface area contributed by atoms with Gasteiger partial charge in [0.25, 0.3) is 5.91 Å². The number of aromatic nitrogens is 1. The van der Waals surface area contributed by atoms with E-state index in [1.165, 1.54) is 5.56 Å². The third-order valence-corrected chi connectivity index (χ3v) is 4.50. The van der Waals surface area contributed by atoms with E-state index in [-0.39, 0.29) is 11.9 Å². The molecule has 2 aromatic rings. The van der Waals surface area contributed by atoms with E-state index < -0.39 is 0 Å². The van der Waals surface area contributed by atoms with Gasteiger partial charge in [0.05, 0.1) is 25.1 Å². The molecule has 0 spiro atoms. The fourth-order valence-corrected chi connectivity index (χ4v) is 2.93. The molecule has 3 rings (SSSR count).